The zero-order valence-electron chi connectivity index (χ0n) is 9.63. The molecule has 1 heterocycles. The summed E-state index contributed by atoms with van der Waals surface area (Å²) in [6.07, 6.45) is 3.00. The van der Waals surface area contributed by atoms with Gasteiger partial charge in [0, 0.05) is 23.3 Å². The molecule has 0 aromatic carbocycles. The molecule has 0 bridgehead atoms. The Morgan fingerprint density at radius 1 is 1.40 bits per heavy atom. The van der Waals surface area contributed by atoms with Gasteiger partial charge in [0.1, 0.15) is 0 Å². The molecule has 1 aromatic heterocycles. The smallest absolute Gasteiger partial charge is 0.0542 e. The van der Waals surface area contributed by atoms with Gasteiger partial charge in [-0.25, -0.2) is 0 Å². The van der Waals surface area contributed by atoms with Crippen LogP contribution in [-0.2, 0) is 6.54 Å². The molecule has 1 N–H and O–H groups in total. The van der Waals surface area contributed by atoms with E-state index in [-0.39, 0.29) is 0 Å². The highest BCUT2D eigenvalue weighted by atomic mass is 79.9. The summed E-state index contributed by atoms with van der Waals surface area (Å²) in [4.78, 5) is 4.33. The standard InChI is InChI=1S/C12H19BrN2/c1-4-12(9(2)3)15-8-11-6-5-10(13)7-14-11/h5-7,9,12,15H,4,8H2,1-3H3. The second-order valence-corrected chi connectivity index (χ2v) is 5.02. The lowest BCUT2D eigenvalue weighted by molar-refractivity contribution is 0.385. The summed E-state index contributed by atoms with van der Waals surface area (Å²) >= 11 is 3.38. The van der Waals surface area contributed by atoms with Gasteiger partial charge in [0.25, 0.3) is 0 Å². The molecular formula is C12H19BrN2. The zero-order valence-corrected chi connectivity index (χ0v) is 11.2. The molecule has 0 aliphatic carbocycles. The number of nitrogens with zero attached hydrogens (tertiary/aromatic N) is 1. The molecule has 0 aliphatic rings. The second-order valence-electron chi connectivity index (χ2n) is 4.11. The summed E-state index contributed by atoms with van der Waals surface area (Å²) in [6, 6.07) is 4.65. The predicted octanol–water partition coefficient (Wildman–Crippen LogP) is 3.37. The highest BCUT2D eigenvalue weighted by Crippen LogP contribution is 2.09. The minimum absolute atomic E-state index is 0.579. The third kappa shape index (κ3) is 4.31. The first-order valence-corrected chi connectivity index (χ1v) is 6.26. The van der Waals surface area contributed by atoms with E-state index in [4.69, 9.17) is 0 Å². The van der Waals surface area contributed by atoms with Crippen molar-refractivity contribution in [2.24, 2.45) is 5.92 Å². The van der Waals surface area contributed by atoms with Crippen molar-refractivity contribution in [2.45, 2.75) is 39.8 Å². The topological polar surface area (TPSA) is 24.9 Å². The van der Waals surface area contributed by atoms with Gasteiger partial charge in [0.2, 0.25) is 0 Å². The molecule has 84 valence electrons. The maximum absolute atomic E-state index is 4.33. The molecule has 1 rings (SSSR count). The lowest BCUT2D eigenvalue weighted by Crippen LogP contribution is -2.32. The molecule has 0 radical (unpaired) electrons. The fourth-order valence-electron chi connectivity index (χ4n) is 1.60. The van der Waals surface area contributed by atoms with Crippen molar-refractivity contribution in [3.63, 3.8) is 0 Å². The molecule has 3 heteroatoms. The Labute approximate surface area is 101 Å². The normalized spacial score (nSPS) is 13.1. The number of rotatable bonds is 5. The van der Waals surface area contributed by atoms with E-state index in [1.54, 1.807) is 0 Å². The van der Waals surface area contributed by atoms with Crippen molar-refractivity contribution in [3.8, 4) is 0 Å². The molecule has 0 saturated carbocycles. The molecule has 1 unspecified atom stereocenters. The third-order valence-corrected chi connectivity index (χ3v) is 3.05. The average Bonchev–Trinajstić information content (AvgIpc) is 2.21. The largest absolute Gasteiger partial charge is 0.308 e. The molecule has 15 heavy (non-hydrogen) atoms. The average molecular weight is 271 g/mol. The van der Waals surface area contributed by atoms with Crippen LogP contribution in [0, 0.1) is 5.92 Å². The summed E-state index contributed by atoms with van der Waals surface area (Å²) in [5, 5.41) is 3.53. The summed E-state index contributed by atoms with van der Waals surface area (Å²) < 4.78 is 1.03. The maximum atomic E-state index is 4.33. The van der Waals surface area contributed by atoms with Crippen molar-refractivity contribution in [3.05, 3.63) is 28.5 Å². The molecule has 0 amide bonds. The lowest BCUT2D eigenvalue weighted by atomic mass is 10.0. The minimum Gasteiger partial charge on any atom is -0.308 e. The van der Waals surface area contributed by atoms with Crippen molar-refractivity contribution in [2.75, 3.05) is 0 Å². The first kappa shape index (κ1) is 12.7. The fraction of sp³-hybridized carbons (Fsp3) is 0.583. The Kier molecular flexibility index (Phi) is 5.26. The SMILES string of the molecule is CCC(NCc1ccc(Br)cn1)C(C)C. The van der Waals surface area contributed by atoms with Crippen LogP contribution in [-0.4, -0.2) is 11.0 Å². The van der Waals surface area contributed by atoms with Crippen LogP contribution < -0.4 is 5.32 Å². The molecule has 0 saturated heterocycles. The van der Waals surface area contributed by atoms with E-state index in [0.717, 1.165) is 23.1 Å². The second kappa shape index (κ2) is 6.23. The number of nitrogens with one attached hydrogen (secondary N) is 1. The van der Waals surface area contributed by atoms with Gasteiger partial charge < -0.3 is 5.32 Å². The van der Waals surface area contributed by atoms with Crippen LogP contribution in [0.25, 0.3) is 0 Å². The molecule has 2 nitrogen and oxygen atoms in total. The summed E-state index contributed by atoms with van der Waals surface area (Å²) in [5.41, 5.74) is 1.09. The molecular weight excluding hydrogens is 252 g/mol. The molecule has 0 spiro atoms. The highest BCUT2D eigenvalue weighted by Gasteiger charge is 2.09. The van der Waals surface area contributed by atoms with Crippen LogP contribution >= 0.6 is 15.9 Å². The summed E-state index contributed by atoms with van der Waals surface area (Å²) in [6.45, 7) is 7.56. The Hall–Kier alpha value is -0.410. The Morgan fingerprint density at radius 2 is 2.13 bits per heavy atom. The van der Waals surface area contributed by atoms with E-state index in [1.807, 2.05) is 18.3 Å². The minimum atomic E-state index is 0.579. The Bertz CT molecular complexity index is 282. The number of halogens is 1. The molecule has 0 fully saturated rings. The van der Waals surface area contributed by atoms with Crippen molar-refractivity contribution in [1.29, 1.82) is 0 Å². The number of hydrogen-bond acceptors (Lipinski definition) is 2. The fourth-order valence-corrected chi connectivity index (χ4v) is 1.83. The molecule has 0 aliphatic heterocycles. The van der Waals surface area contributed by atoms with Crippen LogP contribution in [0.1, 0.15) is 32.9 Å². The van der Waals surface area contributed by atoms with E-state index >= 15 is 0 Å². The summed E-state index contributed by atoms with van der Waals surface area (Å²) in [7, 11) is 0. The maximum Gasteiger partial charge on any atom is 0.0542 e. The zero-order chi connectivity index (χ0) is 11.3. The highest BCUT2D eigenvalue weighted by molar-refractivity contribution is 9.10. The quantitative estimate of drug-likeness (QED) is 0.888. The van der Waals surface area contributed by atoms with Gasteiger partial charge in [-0.15, -0.1) is 0 Å². The lowest BCUT2D eigenvalue weighted by Gasteiger charge is -2.20. The van der Waals surface area contributed by atoms with Gasteiger partial charge in [0.05, 0.1) is 5.69 Å². The number of hydrogen-bond donors (Lipinski definition) is 1. The number of pyridine rings is 1. The van der Waals surface area contributed by atoms with Crippen molar-refractivity contribution < 1.29 is 0 Å². The monoisotopic (exact) mass is 270 g/mol. The van der Waals surface area contributed by atoms with Gasteiger partial charge in [-0.05, 0) is 40.4 Å². The number of aromatic nitrogens is 1. The van der Waals surface area contributed by atoms with E-state index in [1.165, 1.54) is 0 Å². The van der Waals surface area contributed by atoms with Crippen LogP contribution in [0.2, 0.25) is 0 Å². The third-order valence-electron chi connectivity index (χ3n) is 2.58. The summed E-state index contributed by atoms with van der Waals surface area (Å²) in [5.74, 6) is 0.672. The van der Waals surface area contributed by atoms with Crippen LogP contribution in [0.5, 0.6) is 0 Å². The van der Waals surface area contributed by atoms with Gasteiger partial charge in [-0.1, -0.05) is 20.8 Å². The molecule has 1 atom stereocenters. The Morgan fingerprint density at radius 3 is 2.60 bits per heavy atom. The van der Waals surface area contributed by atoms with Gasteiger partial charge in [-0.2, -0.15) is 0 Å². The first-order valence-electron chi connectivity index (χ1n) is 5.47. The van der Waals surface area contributed by atoms with Gasteiger partial charge >= 0.3 is 0 Å². The van der Waals surface area contributed by atoms with Crippen LogP contribution in [0.3, 0.4) is 0 Å². The van der Waals surface area contributed by atoms with E-state index in [0.29, 0.717) is 12.0 Å². The predicted molar refractivity (Wildman–Crippen MR) is 67.7 cm³/mol. The van der Waals surface area contributed by atoms with Gasteiger partial charge in [0.15, 0.2) is 0 Å². The first-order chi connectivity index (χ1) is 7.13. The van der Waals surface area contributed by atoms with Crippen LogP contribution in [0.15, 0.2) is 22.8 Å². The van der Waals surface area contributed by atoms with E-state index < -0.39 is 0 Å². The van der Waals surface area contributed by atoms with E-state index in [2.05, 4.69) is 47.0 Å². The molecule has 1 aromatic rings. The van der Waals surface area contributed by atoms with Gasteiger partial charge in [-0.3, -0.25) is 4.98 Å². The Balaban J connectivity index is 2.45. The van der Waals surface area contributed by atoms with Crippen LogP contribution in [0.4, 0.5) is 0 Å². The van der Waals surface area contributed by atoms with Crippen molar-refractivity contribution >= 4 is 15.9 Å². The van der Waals surface area contributed by atoms with Crippen molar-refractivity contribution in [1.82, 2.24) is 10.3 Å². The van der Waals surface area contributed by atoms with E-state index in [9.17, 15) is 0 Å².